The first kappa shape index (κ1) is 17.9. The Bertz CT molecular complexity index is 1230. The van der Waals surface area contributed by atoms with E-state index >= 15 is 0 Å². The van der Waals surface area contributed by atoms with E-state index in [1.807, 2.05) is 29.6 Å². The minimum Gasteiger partial charge on any atom is -0.360 e. The van der Waals surface area contributed by atoms with Gasteiger partial charge < -0.3 is 5.32 Å². The van der Waals surface area contributed by atoms with Crippen molar-refractivity contribution in [2.24, 2.45) is 0 Å². The maximum atomic E-state index is 13.7. The van der Waals surface area contributed by atoms with Gasteiger partial charge >= 0.3 is 0 Å². The van der Waals surface area contributed by atoms with Crippen LogP contribution in [0.3, 0.4) is 0 Å². The topological polar surface area (TPSA) is 48.7 Å². The average molecular weight is 385 g/mol. The van der Waals surface area contributed by atoms with Crippen molar-refractivity contribution in [3.8, 4) is 17.3 Å². The highest BCUT2D eigenvalue weighted by molar-refractivity contribution is 7.11. The normalized spacial score (nSPS) is 11.4. The molecule has 1 N–H and O–H groups in total. The fourth-order valence-corrected chi connectivity index (χ4v) is 3.74. The van der Waals surface area contributed by atoms with E-state index < -0.39 is 0 Å². The van der Waals surface area contributed by atoms with Gasteiger partial charge in [-0.1, -0.05) is 48.5 Å². The number of benzene rings is 3. The monoisotopic (exact) mass is 385 g/mol. The Morgan fingerprint density at radius 2 is 1.96 bits per heavy atom. The van der Waals surface area contributed by atoms with Gasteiger partial charge in [0.05, 0.1) is 5.69 Å². The van der Waals surface area contributed by atoms with Crippen molar-refractivity contribution >= 4 is 33.4 Å². The van der Waals surface area contributed by atoms with Gasteiger partial charge in [-0.3, -0.25) is 0 Å². The molecule has 1 aromatic heterocycles. The Labute approximate surface area is 166 Å². The van der Waals surface area contributed by atoms with Gasteiger partial charge in [0.2, 0.25) is 0 Å². The number of hydrogen-bond donors (Lipinski definition) is 1. The van der Waals surface area contributed by atoms with Crippen LogP contribution in [0.2, 0.25) is 0 Å². The first-order valence-electron chi connectivity index (χ1n) is 8.73. The van der Waals surface area contributed by atoms with Gasteiger partial charge in [-0.2, -0.15) is 5.26 Å². The predicted octanol–water partition coefficient (Wildman–Crippen LogP) is 6.39. The number of halogens is 1. The van der Waals surface area contributed by atoms with Crippen molar-refractivity contribution in [3.05, 3.63) is 88.6 Å². The molecule has 0 aliphatic rings. The van der Waals surface area contributed by atoms with E-state index in [0.29, 0.717) is 21.8 Å². The molecule has 0 saturated carbocycles. The molecule has 3 aromatic carbocycles. The van der Waals surface area contributed by atoms with Gasteiger partial charge in [0, 0.05) is 22.8 Å². The number of thiazole rings is 1. The quantitative estimate of drug-likeness (QED) is 0.414. The third kappa shape index (κ3) is 3.51. The summed E-state index contributed by atoms with van der Waals surface area (Å²) in [5.41, 5.74) is 3.43. The number of hydrogen-bond acceptors (Lipinski definition) is 4. The predicted molar refractivity (Wildman–Crippen MR) is 113 cm³/mol. The van der Waals surface area contributed by atoms with Crippen LogP contribution in [0.4, 0.5) is 10.1 Å². The summed E-state index contributed by atoms with van der Waals surface area (Å²) in [5.74, 6) is -0.288. The van der Waals surface area contributed by atoms with Crippen LogP contribution in [-0.4, -0.2) is 4.98 Å². The molecule has 4 aromatic rings. The highest BCUT2D eigenvalue weighted by Crippen LogP contribution is 2.31. The smallest absolute Gasteiger partial charge is 0.136 e. The molecule has 3 nitrogen and oxygen atoms in total. The van der Waals surface area contributed by atoms with Crippen molar-refractivity contribution in [1.29, 1.82) is 5.26 Å². The highest BCUT2D eigenvalue weighted by atomic mass is 32.1. The summed E-state index contributed by atoms with van der Waals surface area (Å²) in [6, 6.07) is 21.3. The van der Waals surface area contributed by atoms with Crippen molar-refractivity contribution in [2.75, 3.05) is 5.32 Å². The third-order valence-corrected chi connectivity index (χ3v) is 5.35. The Kier molecular flexibility index (Phi) is 4.88. The summed E-state index contributed by atoms with van der Waals surface area (Å²) in [4.78, 5) is 4.66. The lowest BCUT2D eigenvalue weighted by molar-refractivity contribution is 0.619. The molecular formula is C23H16FN3S. The van der Waals surface area contributed by atoms with E-state index in [0.717, 1.165) is 22.0 Å². The van der Waals surface area contributed by atoms with Gasteiger partial charge in [-0.25, -0.2) is 9.37 Å². The fraction of sp³-hybridized carbons (Fsp3) is 0.0435. The Morgan fingerprint density at radius 1 is 1.14 bits per heavy atom. The molecule has 136 valence electrons. The van der Waals surface area contributed by atoms with Gasteiger partial charge in [0.15, 0.2) is 0 Å². The fourth-order valence-electron chi connectivity index (χ4n) is 2.95. The molecule has 28 heavy (non-hydrogen) atoms. The number of aromatic nitrogens is 1. The van der Waals surface area contributed by atoms with Crippen LogP contribution in [0.1, 0.15) is 10.6 Å². The van der Waals surface area contributed by atoms with Crippen LogP contribution in [-0.2, 0) is 0 Å². The van der Waals surface area contributed by atoms with Crippen LogP contribution in [0, 0.1) is 24.1 Å². The Hall–Kier alpha value is -3.49. The highest BCUT2D eigenvalue weighted by Gasteiger charge is 2.11. The molecule has 0 bridgehead atoms. The molecule has 0 saturated heterocycles. The van der Waals surface area contributed by atoms with Crippen LogP contribution >= 0.6 is 11.3 Å². The van der Waals surface area contributed by atoms with E-state index in [4.69, 9.17) is 0 Å². The molecule has 4 rings (SSSR count). The number of nitrogens with zero attached hydrogens (tertiary/aromatic N) is 2. The van der Waals surface area contributed by atoms with E-state index in [2.05, 4.69) is 34.6 Å². The molecule has 0 aliphatic carbocycles. The van der Waals surface area contributed by atoms with E-state index in [-0.39, 0.29) is 5.82 Å². The van der Waals surface area contributed by atoms with E-state index in [1.165, 1.54) is 17.4 Å². The van der Waals surface area contributed by atoms with E-state index in [9.17, 15) is 9.65 Å². The van der Waals surface area contributed by atoms with Crippen LogP contribution in [0.25, 0.3) is 27.6 Å². The van der Waals surface area contributed by atoms with Crippen molar-refractivity contribution in [1.82, 2.24) is 4.98 Å². The minimum absolute atomic E-state index is 0.288. The number of aryl methyl sites for hydroxylation is 1. The molecule has 0 atom stereocenters. The lowest BCUT2D eigenvalue weighted by Gasteiger charge is -2.04. The molecule has 0 aliphatic heterocycles. The van der Waals surface area contributed by atoms with Crippen molar-refractivity contribution < 1.29 is 4.39 Å². The number of rotatable bonds is 4. The standard InChI is InChI=1S/C23H16FN3S/c1-15-9-10-18(11-21(15)24)26-13-17(12-25)23-27-22(14-28-23)20-8-4-6-16-5-2-3-7-19(16)20/h2-11,13-14,26H,1H3/b17-13-. The second-order valence-electron chi connectivity index (χ2n) is 6.34. The lowest BCUT2D eigenvalue weighted by atomic mass is 10.0. The van der Waals surface area contributed by atoms with Crippen molar-refractivity contribution in [2.45, 2.75) is 6.92 Å². The second kappa shape index (κ2) is 7.63. The summed E-state index contributed by atoms with van der Waals surface area (Å²) >= 11 is 1.41. The molecule has 5 heteroatoms. The number of nitriles is 1. The van der Waals surface area contributed by atoms with Crippen LogP contribution in [0.5, 0.6) is 0 Å². The number of nitrogens with one attached hydrogen (secondary N) is 1. The van der Waals surface area contributed by atoms with Crippen LogP contribution < -0.4 is 5.32 Å². The maximum absolute atomic E-state index is 13.7. The number of fused-ring (bicyclic) bond motifs is 1. The molecule has 1 heterocycles. The SMILES string of the molecule is Cc1ccc(N/C=C(/C#N)c2nc(-c3cccc4ccccc34)cs2)cc1F. The summed E-state index contributed by atoms with van der Waals surface area (Å²) in [5, 5.41) is 17.4. The first-order chi connectivity index (χ1) is 13.7. The van der Waals surface area contributed by atoms with Gasteiger partial charge in [-0.15, -0.1) is 11.3 Å². The first-order valence-corrected chi connectivity index (χ1v) is 9.60. The molecule has 0 fully saturated rings. The zero-order valence-electron chi connectivity index (χ0n) is 15.1. The molecule has 0 spiro atoms. The number of anilines is 1. The third-order valence-electron chi connectivity index (χ3n) is 4.48. The number of allylic oxidation sites excluding steroid dienone is 1. The lowest BCUT2D eigenvalue weighted by Crippen LogP contribution is -1.93. The Balaban J connectivity index is 1.65. The summed E-state index contributed by atoms with van der Waals surface area (Å²) in [6.45, 7) is 1.71. The zero-order valence-corrected chi connectivity index (χ0v) is 15.9. The largest absolute Gasteiger partial charge is 0.360 e. The maximum Gasteiger partial charge on any atom is 0.136 e. The van der Waals surface area contributed by atoms with E-state index in [1.54, 1.807) is 25.3 Å². The van der Waals surface area contributed by atoms with Gasteiger partial charge in [0.25, 0.3) is 0 Å². The van der Waals surface area contributed by atoms with Crippen LogP contribution in [0.15, 0.2) is 72.2 Å². The summed E-state index contributed by atoms with van der Waals surface area (Å²) in [7, 11) is 0. The molecule has 0 amide bonds. The molecular weight excluding hydrogens is 369 g/mol. The van der Waals surface area contributed by atoms with Gasteiger partial charge in [-0.05, 0) is 35.4 Å². The van der Waals surface area contributed by atoms with Crippen molar-refractivity contribution in [3.63, 3.8) is 0 Å². The zero-order chi connectivity index (χ0) is 19.5. The second-order valence-corrected chi connectivity index (χ2v) is 7.20. The average Bonchev–Trinajstić information content (AvgIpc) is 3.20. The minimum atomic E-state index is -0.288. The Morgan fingerprint density at radius 3 is 2.79 bits per heavy atom. The molecule has 0 unspecified atom stereocenters. The summed E-state index contributed by atoms with van der Waals surface area (Å²) < 4.78 is 13.7. The summed E-state index contributed by atoms with van der Waals surface area (Å²) in [6.07, 6.45) is 1.57. The van der Waals surface area contributed by atoms with Gasteiger partial charge in [0.1, 0.15) is 22.5 Å². The molecule has 0 radical (unpaired) electrons.